The number of anilines is 1. The Kier molecular flexibility index (Phi) is 7.74. The number of carbonyl (C=O) groups excluding carboxylic acids is 1. The first-order valence-corrected chi connectivity index (χ1v) is 11.7. The quantitative estimate of drug-likeness (QED) is 0.434. The molecule has 32 heavy (non-hydrogen) atoms. The minimum Gasteiger partial charge on any atom is -0.494 e. The first-order valence-electron chi connectivity index (χ1n) is 9.86. The average Bonchev–Trinajstić information content (AvgIpc) is 2.77. The lowest BCUT2D eigenvalue weighted by Gasteiger charge is -2.13. The lowest BCUT2D eigenvalue weighted by Crippen LogP contribution is -2.28. The number of sulfonamides is 1. The zero-order valence-corrected chi connectivity index (χ0v) is 18.9. The second kappa shape index (κ2) is 10.5. The molecule has 1 amide bonds. The molecule has 0 heterocycles. The number of aliphatic hydroxyl groups is 1. The maximum Gasteiger partial charge on any atom is 0.261 e. The predicted octanol–water partition coefficient (Wildman–Crippen LogP) is 4.00. The minimum atomic E-state index is -3.84. The molecule has 0 aliphatic heterocycles. The molecule has 3 aromatic carbocycles. The molecule has 0 saturated heterocycles. The number of rotatable bonds is 9. The van der Waals surface area contributed by atoms with Gasteiger partial charge in [-0.3, -0.25) is 9.52 Å². The largest absolute Gasteiger partial charge is 0.494 e. The number of hydrogen-bond acceptors (Lipinski definition) is 5. The summed E-state index contributed by atoms with van der Waals surface area (Å²) < 4.78 is 33.1. The number of carbonyl (C=O) groups is 1. The van der Waals surface area contributed by atoms with Crippen molar-refractivity contribution < 1.29 is 23.1 Å². The fourth-order valence-corrected chi connectivity index (χ4v) is 4.19. The van der Waals surface area contributed by atoms with Gasteiger partial charge in [0.15, 0.2) is 0 Å². The summed E-state index contributed by atoms with van der Waals surface area (Å²) in [5, 5.41) is 13.4. The Hall–Kier alpha value is -3.07. The van der Waals surface area contributed by atoms with Crippen molar-refractivity contribution in [3.05, 3.63) is 88.9 Å². The van der Waals surface area contributed by atoms with Crippen LogP contribution in [0.2, 0.25) is 5.02 Å². The van der Waals surface area contributed by atoms with Crippen LogP contribution in [-0.2, 0) is 10.0 Å². The predicted molar refractivity (Wildman–Crippen MR) is 124 cm³/mol. The third kappa shape index (κ3) is 6.23. The number of halogens is 1. The smallest absolute Gasteiger partial charge is 0.261 e. The zero-order valence-electron chi connectivity index (χ0n) is 17.3. The van der Waals surface area contributed by atoms with Crippen molar-refractivity contribution in [3.8, 4) is 5.75 Å². The lowest BCUT2D eigenvalue weighted by atomic mass is 10.1. The highest BCUT2D eigenvalue weighted by Crippen LogP contribution is 2.21. The Morgan fingerprint density at radius 3 is 2.47 bits per heavy atom. The SMILES string of the molecule is CCOc1ccc(S(=O)(=O)Nc2cccc(C(=O)NCC(O)c3cccc(Cl)c3)c2)cc1. The summed E-state index contributed by atoms with van der Waals surface area (Å²) in [6.07, 6.45) is -0.931. The highest BCUT2D eigenvalue weighted by molar-refractivity contribution is 7.92. The van der Waals surface area contributed by atoms with Gasteiger partial charge in [0.1, 0.15) is 5.75 Å². The van der Waals surface area contributed by atoms with E-state index in [1.165, 1.54) is 18.2 Å². The Morgan fingerprint density at radius 1 is 1.06 bits per heavy atom. The fraction of sp³-hybridized carbons (Fsp3) is 0.174. The van der Waals surface area contributed by atoms with Crippen LogP contribution >= 0.6 is 11.6 Å². The van der Waals surface area contributed by atoms with Crippen LogP contribution in [0, 0.1) is 0 Å². The molecule has 0 aliphatic rings. The average molecular weight is 475 g/mol. The molecule has 0 bridgehead atoms. The van der Waals surface area contributed by atoms with Crippen molar-refractivity contribution in [2.45, 2.75) is 17.9 Å². The maximum absolute atomic E-state index is 12.7. The van der Waals surface area contributed by atoms with Crippen LogP contribution in [0.3, 0.4) is 0 Å². The second-order valence-corrected chi connectivity index (χ2v) is 8.99. The van der Waals surface area contributed by atoms with Crippen LogP contribution in [0.5, 0.6) is 5.75 Å². The highest BCUT2D eigenvalue weighted by Gasteiger charge is 2.16. The summed E-state index contributed by atoms with van der Waals surface area (Å²) in [5.74, 6) is 0.123. The van der Waals surface area contributed by atoms with E-state index in [4.69, 9.17) is 16.3 Å². The van der Waals surface area contributed by atoms with Gasteiger partial charge in [-0.05, 0) is 67.1 Å². The standard InChI is InChI=1S/C23H23ClN2O5S/c1-2-31-20-9-11-21(12-10-20)32(29,30)26-19-8-4-6-17(14-19)23(28)25-15-22(27)16-5-3-7-18(24)13-16/h3-14,22,26-27H,2,15H2,1H3,(H,25,28). The number of amides is 1. The number of nitrogens with one attached hydrogen (secondary N) is 2. The van der Waals surface area contributed by atoms with E-state index in [1.807, 2.05) is 6.92 Å². The third-order valence-electron chi connectivity index (χ3n) is 4.51. The van der Waals surface area contributed by atoms with Crippen LogP contribution in [0.4, 0.5) is 5.69 Å². The topological polar surface area (TPSA) is 105 Å². The van der Waals surface area contributed by atoms with Gasteiger partial charge in [-0.15, -0.1) is 0 Å². The van der Waals surface area contributed by atoms with Gasteiger partial charge < -0.3 is 15.2 Å². The summed E-state index contributed by atoms with van der Waals surface area (Å²) in [6, 6.07) is 18.9. The van der Waals surface area contributed by atoms with E-state index >= 15 is 0 Å². The van der Waals surface area contributed by atoms with Crippen LogP contribution in [0.15, 0.2) is 77.7 Å². The van der Waals surface area contributed by atoms with E-state index in [1.54, 1.807) is 54.6 Å². The zero-order chi connectivity index (χ0) is 23.1. The lowest BCUT2D eigenvalue weighted by molar-refractivity contribution is 0.0916. The number of benzene rings is 3. The molecule has 1 unspecified atom stereocenters. The van der Waals surface area contributed by atoms with Crippen LogP contribution in [0.1, 0.15) is 28.9 Å². The van der Waals surface area contributed by atoms with Gasteiger partial charge in [-0.1, -0.05) is 29.8 Å². The van der Waals surface area contributed by atoms with Crippen molar-refractivity contribution in [2.75, 3.05) is 17.9 Å². The Morgan fingerprint density at radius 2 is 1.78 bits per heavy atom. The summed E-state index contributed by atoms with van der Waals surface area (Å²) in [7, 11) is -3.84. The van der Waals surface area contributed by atoms with E-state index in [-0.39, 0.29) is 22.7 Å². The molecule has 7 nitrogen and oxygen atoms in total. The van der Waals surface area contributed by atoms with Crippen molar-refractivity contribution in [1.82, 2.24) is 5.32 Å². The van der Waals surface area contributed by atoms with Gasteiger partial charge in [0.25, 0.3) is 15.9 Å². The molecule has 168 valence electrons. The number of aliphatic hydroxyl groups excluding tert-OH is 1. The van der Waals surface area contributed by atoms with Crippen molar-refractivity contribution >= 4 is 33.2 Å². The highest BCUT2D eigenvalue weighted by atomic mass is 35.5. The molecule has 0 aliphatic carbocycles. The molecule has 3 N–H and O–H groups in total. The Labute approximate surface area is 192 Å². The number of ether oxygens (including phenoxy) is 1. The van der Waals surface area contributed by atoms with Crippen LogP contribution in [-0.4, -0.2) is 32.6 Å². The van der Waals surface area contributed by atoms with Crippen molar-refractivity contribution in [2.24, 2.45) is 0 Å². The summed E-state index contributed by atoms with van der Waals surface area (Å²) >= 11 is 5.92. The monoisotopic (exact) mass is 474 g/mol. The number of hydrogen-bond donors (Lipinski definition) is 3. The van der Waals surface area contributed by atoms with E-state index in [0.29, 0.717) is 22.9 Å². The molecule has 0 fully saturated rings. The molecule has 0 aromatic heterocycles. The summed E-state index contributed by atoms with van der Waals surface area (Å²) in [6.45, 7) is 2.30. The molecule has 3 rings (SSSR count). The first kappa shape index (κ1) is 23.6. The molecular formula is C23H23ClN2O5S. The molecule has 0 radical (unpaired) electrons. The summed E-state index contributed by atoms with van der Waals surface area (Å²) in [5.41, 5.74) is 1.06. The van der Waals surface area contributed by atoms with Gasteiger partial charge in [-0.25, -0.2) is 8.42 Å². The van der Waals surface area contributed by atoms with Gasteiger partial charge in [0.05, 0.1) is 17.6 Å². The molecular weight excluding hydrogens is 452 g/mol. The maximum atomic E-state index is 12.7. The molecule has 9 heteroatoms. The Bertz CT molecular complexity index is 1180. The van der Waals surface area contributed by atoms with E-state index < -0.39 is 22.0 Å². The molecule has 3 aromatic rings. The Balaban J connectivity index is 1.65. The first-order chi connectivity index (χ1) is 15.3. The summed E-state index contributed by atoms with van der Waals surface area (Å²) in [4.78, 5) is 12.6. The van der Waals surface area contributed by atoms with E-state index in [2.05, 4.69) is 10.0 Å². The third-order valence-corrected chi connectivity index (χ3v) is 6.14. The normalized spacial score (nSPS) is 12.1. The molecule has 0 spiro atoms. The van der Waals surface area contributed by atoms with Gasteiger partial charge >= 0.3 is 0 Å². The van der Waals surface area contributed by atoms with Crippen molar-refractivity contribution in [1.29, 1.82) is 0 Å². The fourth-order valence-electron chi connectivity index (χ4n) is 2.94. The van der Waals surface area contributed by atoms with Gasteiger partial charge in [-0.2, -0.15) is 0 Å². The second-order valence-electron chi connectivity index (χ2n) is 6.87. The van der Waals surface area contributed by atoms with Gasteiger partial charge in [0.2, 0.25) is 0 Å². The van der Waals surface area contributed by atoms with Crippen LogP contribution < -0.4 is 14.8 Å². The van der Waals surface area contributed by atoms with E-state index in [9.17, 15) is 18.3 Å². The minimum absolute atomic E-state index is 0.0265. The van der Waals surface area contributed by atoms with Crippen LogP contribution in [0.25, 0.3) is 0 Å². The van der Waals surface area contributed by atoms with E-state index in [0.717, 1.165) is 0 Å². The molecule has 1 atom stereocenters. The van der Waals surface area contributed by atoms with Crippen molar-refractivity contribution in [3.63, 3.8) is 0 Å². The van der Waals surface area contributed by atoms with Gasteiger partial charge in [0, 0.05) is 22.8 Å². The molecule has 0 saturated carbocycles.